The maximum Gasteiger partial charge on any atom is 0.250 e. The zero-order chi connectivity index (χ0) is 19.3. The highest BCUT2D eigenvalue weighted by atomic mass is 35.5. The number of piperazine rings is 1. The molecule has 0 saturated carbocycles. The molecule has 0 amide bonds. The van der Waals surface area contributed by atoms with Gasteiger partial charge >= 0.3 is 0 Å². The molecule has 0 aliphatic carbocycles. The predicted molar refractivity (Wildman–Crippen MR) is 115 cm³/mol. The first-order valence-electron chi connectivity index (χ1n) is 9.60. The summed E-state index contributed by atoms with van der Waals surface area (Å²) in [6.07, 6.45) is 5.45. The molecule has 0 unspecified atom stereocenters. The number of anilines is 1. The van der Waals surface area contributed by atoms with Crippen LogP contribution in [0.5, 0.6) is 0 Å². The molecule has 8 heteroatoms. The molecule has 1 aliphatic rings. The van der Waals surface area contributed by atoms with E-state index in [9.17, 15) is 4.79 Å². The molecule has 1 aromatic carbocycles. The van der Waals surface area contributed by atoms with E-state index < -0.39 is 0 Å². The molecule has 7 nitrogen and oxygen atoms in total. The Labute approximate surface area is 176 Å². The van der Waals surface area contributed by atoms with Gasteiger partial charge in [-0.1, -0.05) is 18.2 Å². The highest BCUT2D eigenvalue weighted by Crippen LogP contribution is 2.17. The van der Waals surface area contributed by atoms with Gasteiger partial charge in [0.25, 0.3) is 5.95 Å². The zero-order valence-electron chi connectivity index (χ0n) is 16.4. The number of aromatic nitrogens is 4. The van der Waals surface area contributed by atoms with Gasteiger partial charge in [-0.15, -0.1) is 12.4 Å². The van der Waals surface area contributed by atoms with Crippen molar-refractivity contribution in [2.24, 2.45) is 0 Å². The molecule has 1 fully saturated rings. The summed E-state index contributed by atoms with van der Waals surface area (Å²) in [6.45, 7) is 6.57. The first-order valence-corrected chi connectivity index (χ1v) is 9.60. The molecule has 3 heterocycles. The molecule has 0 bridgehead atoms. The molecule has 152 valence electrons. The van der Waals surface area contributed by atoms with Crippen molar-refractivity contribution < 1.29 is 4.79 Å². The minimum atomic E-state index is 0. The van der Waals surface area contributed by atoms with Gasteiger partial charge in [0.2, 0.25) is 0 Å². The van der Waals surface area contributed by atoms with Gasteiger partial charge in [0.1, 0.15) is 0 Å². The first-order chi connectivity index (χ1) is 13.7. The second-order valence-electron chi connectivity index (χ2n) is 6.94. The molecule has 29 heavy (non-hydrogen) atoms. The fourth-order valence-electron chi connectivity index (χ4n) is 3.55. The van der Waals surface area contributed by atoms with Crippen molar-refractivity contribution in [3.63, 3.8) is 0 Å². The van der Waals surface area contributed by atoms with Gasteiger partial charge in [-0.3, -0.25) is 9.69 Å². The summed E-state index contributed by atoms with van der Waals surface area (Å²) in [5, 5.41) is 4.30. The van der Waals surface area contributed by atoms with E-state index in [2.05, 4.69) is 49.1 Å². The minimum Gasteiger partial charge on any atom is -0.369 e. The third-order valence-electron chi connectivity index (χ3n) is 5.20. The van der Waals surface area contributed by atoms with Crippen LogP contribution in [-0.2, 0) is 0 Å². The molecule has 4 rings (SSSR count). The Hall–Kier alpha value is -2.77. The second kappa shape index (κ2) is 9.62. The molecule has 0 N–H and O–H groups in total. The molecule has 0 atom stereocenters. The zero-order valence-corrected chi connectivity index (χ0v) is 17.3. The molecular weight excluding hydrogens is 388 g/mol. The number of nitrogens with zero attached hydrogens (tertiary/aromatic N) is 6. The number of rotatable bonds is 6. The van der Waals surface area contributed by atoms with Crippen LogP contribution in [0.4, 0.5) is 5.69 Å². The highest BCUT2D eigenvalue weighted by molar-refractivity contribution is 5.97. The Morgan fingerprint density at radius 1 is 1.00 bits per heavy atom. The number of ketones is 1. The van der Waals surface area contributed by atoms with Gasteiger partial charge in [0, 0.05) is 57.2 Å². The summed E-state index contributed by atoms with van der Waals surface area (Å²) in [6, 6.07) is 12.2. The summed E-state index contributed by atoms with van der Waals surface area (Å²) in [4.78, 5) is 25.9. The van der Waals surface area contributed by atoms with Crippen LogP contribution < -0.4 is 4.90 Å². The van der Waals surface area contributed by atoms with Crippen LogP contribution in [0.2, 0.25) is 0 Å². The average molecular weight is 413 g/mol. The third-order valence-corrected chi connectivity index (χ3v) is 5.20. The summed E-state index contributed by atoms with van der Waals surface area (Å²) < 4.78 is 1.62. The van der Waals surface area contributed by atoms with E-state index in [1.165, 1.54) is 5.69 Å². The highest BCUT2D eigenvalue weighted by Gasteiger charge is 2.20. The smallest absolute Gasteiger partial charge is 0.250 e. The lowest BCUT2D eigenvalue weighted by Crippen LogP contribution is -2.46. The topological polar surface area (TPSA) is 67.2 Å². The van der Waals surface area contributed by atoms with Crippen LogP contribution in [0.15, 0.2) is 55.0 Å². The Bertz CT molecular complexity index is 923. The third kappa shape index (κ3) is 4.81. The lowest BCUT2D eigenvalue weighted by atomic mass is 10.1. The Morgan fingerprint density at radius 3 is 2.38 bits per heavy atom. The van der Waals surface area contributed by atoms with Crippen LogP contribution in [0.25, 0.3) is 5.95 Å². The average Bonchev–Trinajstić information content (AvgIpc) is 3.15. The Morgan fingerprint density at radius 2 is 1.69 bits per heavy atom. The molecule has 1 aliphatic heterocycles. The van der Waals surface area contributed by atoms with Crippen LogP contribution in [0, 0.1) is 6.92 Å². The normalized spacial score (nSPS) is 14.4. The molecule has 3 aromatic rings. The number of hydrogen-bond acceptors (Lipinski definition) is 6. The van der Waals surface area contributed by atoms with Crippen molar-refractivity contribution >= 4 is 23.9 Å². The van der Waals surface area contributed by atoms with E-state index in [4.69, 9.17) is 0 Å². The van der Waals surface area contributed by atoms with Crippen LogP contribution >= 0.6 is 12.4 Å². The predicted octanol–water partition coefficient (Wildman–Crippen LogP) is 2.79. The summed E-state index contributed by atoms with van der Waals surface area (Å²) in [7, 11) is 0. The number of carbonyl (C=O) groups excluding carboxylic acids is 1. The van der Waals surface area contributed by atoms with Crippen LogP contribution in [0.3, 0.4) is 0 Å². The van der Waals surface area contributed by atoms with Crippen LogP contribution in [0.1, 0.15) is 22.5 Å². The maximum atomic E-state index is 12.7. The number of halogens is 1. The number of carbonyl (C=O) groups is 1. The summed E-state index contributed by atoms with van der Waals surface area (Å²) in [5.74, 6) is 0.598. The number of para-hydroxylation sites is 1. The number of benzene rings is 1. The van der Waals surface area contributed by atoms with Crippen molar-refractivity contribution in [1.82, 2.24) is 24.6 Å². The van der Waals surface area contributed by atoms with Crippen LogP contribution in [-0.4, -0.2) is 63.2 Å². The van der Waals surface area contributed by atoms with Gasteiger partial charge in [-0.25, -0.2) is 14.6 Å². The second-order valence-corrected chi connectivity index (χ2v) is 6.94. The quantitative estimate of drug-likeness (QED) is 0.580. The summed E-state index contributed by atoms with van der Waals surface area (Å²) in [5.41, 5.74) is 2.70. The number of Topliss-reactive ketones (excluding diaryl/α,β-unsaturated/α-hetero) is 1. The fourth-order valence-corrected chi connectivity index (χ4v) is 3.55. The monoisotopic (exact) mass is 412 g/mol. The molecule has 1 saturated heterocycles. The largest absolute Gasteiger partial charge is 0.369 e. The standard InChI is InChI=1S/C21H24N6O.ClH/c1-17-19(16-24-27(17)21-22-9-5-10-23-21)20(28)8-11-25-12-14-26(15-13-25)18-6-3-2-4-7-18;/h2-7,9-10,16H,8,11-15H2,1H3;1H. The van der Waals surface area contributed by atoms with E-state index in [0.29, 0.717) is 17.9 Å². The van der Waals surface area contributed by atoms with Gasteiger partial charge in [-0.05, 0) is 25.1 Å². The Balaban J connectivity index is 0.00000240. The van der Waals surface area contributed by atoms with Crippen molar-refractivity contribution in [2.45, 2.75) is 13.3 Å². The maximum absolute atomic E-state index is 12.7. The van der Waals surface area contributed by atoms with Gasteiger partial charge in [-0.2, -0.15) is 5.10 Å². The molecule has 0 radical (unpaired) electrons. The minimum absolute atomic E-state index is 0. The van der Waals surface area contributed by atoms with E-state index in [1.54, 1.807) is 29.3 Å². The van der Waals surface area contributed by atoms with Crippen molar-refractivity contribution in [3.8, 4) is 5.95 Å². The number of hydrogen-bond donors (Lipinski definition) is 0. The van der Waals surface area contributed by atoms with Gasteiger partial charge in [0.15, 0.2) is 5.78 Å². The molecular formula is C21H25ClN6O. The lowest BCUT2D eigenvalue weighted by molar-refractivity contribution is 0.0962. The van der Waals surface area contributed by atoms with Crippen molar-refractivity contribution in [1.29, 1.82) is 0 Å². The SMILES string of the molecule is Cc1c(C(=O)CCN2CCN(c3ccccc3)CC2)cnn1-c1ncccn1.Cl. The van der Waals surface area contributed by atoms with Crippen molar-refractivity contribution in [3.05, 3.63) is 66.2 Å². The van der Waals surface area contributed by atoms with Gasteiger partial charge in [0.05, 0.1) is 17.5 Å². The molecule has 0 spiro atoms. The Kier molecular flexibility index (Phi) is 6.95. The summed E-state index contributed by atoms with van der Waals surface area (Å²) >= 11 is 0. The van der Waals surface area contributed by atoms with Gasteiger partial charge < -0.3 is 4.90 Å². The van der Waals surface area contributed by atoms with E-state index in [0.717, 1.165) is 38.4 Å². The lowest BCUT2D eigenvalue weighted by Gasteiger charge is -2.36. The van der Waals surface area contributed by atoms with E-state index in [1.807, 2.05) is 13.0 Å². The van der Waals surface area contributed by atoms with E-state index in [-0.39, 0.29) is 18.2 Å². The first kappa shape index (κ1) is 21.0. The fraction of sp³-hybridized carbons (Fsp3) is 0.333. The van der Waals surface area contributed by atoms with Crippen molar-refractivity contribution in [2.75, 3.05) is 37.6 Å². The van der Waals surface area contributed by atoms with E-state index >= 15 is 0 Å². The molecule has 2 aromatic heterocycles.